The lowest BCUT2D eigenvalue weighted by molar-refractivity contribution is -0.120. The van der Waals surface area contributed by atoms with E-state index in [1.807, 2.05) is 38.1 Å². The summed E-state index contributed by atoms with van der Waals surface area (Å²) in [6, 6.07) is 7.56. The largest absolute Gasteiger partial charge is 0.497 e. The van der Waals surface area contributed by atoms with Gasteiger partial charge in [-0.1, -0.05) is 12.1 Å². The van der Waals surface area contributed by atoms with Crippen molar-refractivity contribution < 1.29 is 9.53 Å². The molecule has 0 radical (unpaired) electrons. The van der Waals surface area contributed by atoms with Crippen LogP contribution in [0, 0.1) is 13.8 Å². The molecule has 1 aromatic heterocycles. The fourth-order valence-corrected chi connectivity index (χ4v) is 2.30. The molecule has 2 rings (SSSR count). The second-order valence-corrected chi connectivity index (χ2v) is 5.04. The zero-order valence-corrected chi connectivity index (χ0v) is 12.7. The minimum absolute atomic E-state index is 0.0158. The predicted octanol–water partition coefficient (Wildman–Crippen LogP) is 1.94. The van der Waals surface area contributed by atoms with Crippen molar-refractivity contribution in [3.63, 3.8) is 0 Å². The van der Waals surface area contributed by atoms with Gasteiger partial charge in [-0.3, -0.25) is 9.89 Å². The quantitative estimate of drug-likeness (QED) is 0.853. The minimum Gasteiger partial charge on any atom is -0.497 e. The molecule has 0 atom stereocenters. The van der Waals surface area contributed by atoms with E-state index in [4.69, 9.17) is 4.74 Å². The van der Waals surface area contributed by atoms with Gasteiger partial charge in [0.05, 0.1) is 19.2 Å². The number of benzene rings is 1. The Balaban J connectivity index is 1.82. The molecule has 0 spiro atoms. The van der Waals surface area contributed by atoms with Gasteiger partial charge in [-0.25, -0.2) is 0 Å². The molecule has 1 heterocycles. The Bertz CT molecular complexity index is 600. The Morgan fingerprint density at radius 1 is 1.38 bits per heavy atom. The van der Waals surface area contributed by atoms with Crippen LogP contribution in [0.4, 0.5) is 0 Å². The molecule has 21 heavy (non-hydrogen) atoms. The molecule has 0 bridgehead atoms. The van der Waals surface area contributed by atoms with Crippen LogP contribution in [-0.2, 0) is 17.6 Å². The van der Waals surface area contributed by atoms with Crippen molar-refractivity contribution in [3.8, 4) is 5.75 Å². The topological polar surface area (TPSA) is 67.0 Å². The van der Waals surface area contributed by atoms with Gasteiger partial charge in [0, 0.05) is 12.2 Å². The molecule has 0 unspecified atom stereocenters. The third kappa shape index (κ3) is 4.08. The van der Waals surface area contributed by atoms with Crippen molar-refractivity contribution in [2.45, 2.75) is 26.7 Å². The average Bonchev–Trinajstić information content (AvgIpc) is 2.79. The van der Waals surface area contributed by atoms with Crippen LogP contribution < -0.4 is 10.1 Å². The predicted molar refractivity (Wildman–Crippen MR) is 81.5 cm³/mol. The van der Waals surface area contributed by atoms with E-state index in [0.29, 0.717) is 13.0 Å². The number of nitrogens with one attached hydrogen (secondary N) is 2. The summed E-state index contributed by atoms with van der Waals surface area (Å²) in [7, 11) is 1.62. The summed E-state index contributed by atoms with van der Waals surface area (Å²) in [4.78, 5) is 11.9. The van der Waals surface area contributed by atoms with Gasteiger partial charge < -0.3 is 10.1 Å². The number of aryl methyl sites for hydroxylation is 2. The van der Waals surface area contributed by atoms with E-state index in [0.717, 1.165) is 29.1 Å². The van der Waals surface area contributed by atoms with E-state index in [1.54, 1.807) is 7.11 Å². The number of amides is 1. The molecule has 0 aliphatic rings. The number of carbonyl (C=O) groups is 1. The van der Waals surface area contributed by atoms with Crippen LogP contribution >= 0.6 is 0 Å². The van der Waals surface area contributed by atoms with Gasteiger partial charge in [-0.2, -0.15) is 5.10 Å². The molecule has 0 aliphatic carbocycles. The van der Waals surface area contributed by atoms with Gasteiger partial charge in [0.2, 0.25) is 5.91 Å². The highest BCUT2D eigenvalue weighted by Gasteiger charge is 2.08. The number of methoxy groups -OCH3 is 1. The van der Waals surface area contributed by atoms with Crippen molar-refractivity contribution >= 4 is 5.91 Å². The zero-order valence-electron chi connectivity index (χ0n) is 12.7. The standard InChI is InChI=1S/C16H21N3O2/c1-11-15(12(2)19-18-11)7-8-17-16(20)10-13-5-4-6-14(9-13)21-3/h4-6,9H,7-8,10H2,1-3H3,(H,17,20)(H,18,19). The van der Waals surface area contributed by atoms with Crippen LogP contribution in [0.25, 0.3) is 0 Å². The molecule has 2 aromatic rings. The number of ether oxygens (including phenoxy) is 1. The second kappa shape index (κ2) is 6.92. The van der Waals surface area contributed by atoms with Crippen LogP contribution in [0.2, 0.25) is 0 Å². The van der Waals surface area contributed by atoms with Crippen molar-refractivity contribution in [1.29, 1.82) is 0 Å². The van der Waals surface area contributed by atoms with Gasteiger partial charge in [-0.05, 0) is 43.5 Å². The smallest absolute Gasteiger partial charge is 0.224 e. The number of H-pyrrole nitrogens is 1. The van der Waals surface area contributed by atoms with Crippen molar-refractivity contribution in [2.75, 3.05) is 13.7 Å². The molecule has 5 nitrogen and oxygen atoms in total. The molecule has 0 fully saturated rings. The van der Waals surface area contributed by atoms with Gasteiger partial charge in [0.1, 0.15) is 5.75 Å². The molecular weight excluding hydrogens is 266 g/mol. The first-order valence-corrected chi connectivity index (χ1v) is 7.00. The fraction of sp³-hybridized carbons (Fsp3) is 0.375. The summed E-state index contributed by atoms with van der Waals surface area (Å²) in [5.74, 6) is 0.784. The van der Waals surface area contributed by atoms with Crippen LogP contribution in [0.3, 0.4) is 0 Å². The maximum Gasteiger partial charge on any atom is 0.224 e. The van der Waals surface area contributed by atoms with E-state index in [-0.39, 0.29) is 5.91 Å². The summed E-state index contributed by atoms with van der Waals surface area (Å²) in [6.45, 7) is 4.58. The Labute approximate surface area is 124 Å². The maximum atomic E-state index is 11.9. The van der Waals surface area contributed by atoms with Crippen molar-refractivity contribution in [2.24, 2.45) is 0 Å². The lowest BCUT2D eigenvalue weighted by atomic mass is 10.1. The highest BCUT2D eigenvalue weighted by atomic mass is 16.5. The number of rotatable bonds is 6. The van der Waals surface area contributed by atoms with Crippen LogP contribution in [0.15, 0.2) is 24.3 Å². The SMILES string of the molecule is COc1cccc(CC(=O)NCCc2c(C)n[nH]c2C)c1. The van der Waals surface area contributed by atoms with Gasteiger partial charge in [0.25, 0.3) is 0 Å². The number of hydrogen-bond donors (Lipinski definition) is 2. The Morgan fingerprint density at radius 2 is 2.19 bits per heavy atom. The van der Waals surface area contributed by atoms with E-state index < -0.39 is 0 Å². The fourth-order valence-electron chi connectivity index (χ4n) is 2.30. The lowest BCUT2D eigenvalue weighted by Crippen LogP contribution is -2.27. The number of hydrogen-bond acceptors (Lipinski definition) is 3. The van der Waals surface area contributed by atoms with Gasteiger partial charge in [0.15, 0.2) is 0 Å². The van der Waals surface area contributed by atoms with Crippen molar-refractivity contribution in [1.82, 2.24) is 15.5 Å². The molecule has 1 aromatic carbocycles. The molecule has 0 aliphatic heterocycles. The number of nitrogens with zero attached hydrogens (tertiary/aromatic N) is 1. The normalized spacial score (nSPS) is 10.4. The molecule has 5 heteroatoms. The Hall–Kier alpha value is -2.30. The zero-order chi connectivity index (χ0) is 15.2. The van der Waals surface area contributed by atoms with Crippen LogP contribution in [-0.4, -0.2) is 29.8 Å². The summed E-state index contributed by atoms with van der Waals surface area (Å²) in [6.07, 6.45) is 1.15. The van der Waals surface area contributed by atoms with E-state index in [1.165, 1.54) is 5.56 Å². The Kier molecular flexibility index (Phi) is 4.98. The van der Waals surface area contributed by atoms with Gasteiger partial charge in [-0.15, -0.1) is 0 Å². The number of carbonyl (C=O) groups excluding carboxylic acids is 1. The van der Waals surface area contributed by atoms with Gasteiger partial charge >= 0.3 is 0 Å². The van der Waals surface area contributed by atoms with Crippen molar-refractivity contribution in [3.05, 3.63) is 46.8 Å². The molecule has 0 saturated heterocycles. The highest BCUT2D eigenvalue weighted by Crippen LogP contribution is 2.13. The third-order valence-corrected chi connectivity index (χ3v) is 3.48. The summed E-state index contributed by atoms with van der Waals surface area (Å²) in [5.41, 5.74) is 4.18. The molecule has 2 N–H and O–H groups in total. The van der Waals surface area contributed by atoms with E-state index in [2.05, 4.69) is 15.5 Å². The minimum atomic E-state index is 0.0158. The first kappa shape index (κ1) is 15.1. The van der Waals surface area contributed by atoms with Crippen LogP contribution in [0.1, 0.15) is 22.5 Å². The maximum absolute atomic E-state index is 11.9. The summed E-state index contributed by atoms with van der Waals surface area (Å²) in [5, 5.41) is 10.0. The number of aromatic amines is 1. The summed E-state index contributed by atoms with van der Waals surface area (Å²) < 4.78 is 5.15. The molecule has 1 amide bonds. The highest BCUT2D eigenvalue weighted by molar-refractivity contribution is 5.78. The number of aromatic nitrogens is 2. The molecular formula is C16H21N3O2. The molecule has 0 saturated carbocycles. The second-order valence-electron chi connectivity index (χ2n) is 5.04. The lowest BCUT2D eigenvalue weighted by Gasteiger charge is -2.07. The third-order valence-electron chi connectivity index (χ3n) is 3.48. The first-order valence-electron chi connectivity index (χ1n) is 7.00. The average molecular weight is 287 g/mol. The van der Waals surface area contributed by atoms with E-state index in [9.17, 15) is 4.79 Å². The molecule has 112 valence electrons. The van der Waals surface area contributed by atoms with Crippen LogP contribution in [0.5, 0.6) is 5.75 Å². The summed E-state index contributed by atoms with van der Waals surface area (Å²) >= 11 is 0. The monoisotopic (exact) mass is 287 g/mol. The Morgan fingerprint density at radius 3 is 2.86 bits per heavy atom. The van der Waals surface area contributed by atoms with E-state index >= 15 is 0 Å². The first-order chi connectivity index (χ1) is 10.1.